The van der Waals surface area contributed by atoms with Crippen LogP contribution in [-0.4, -0.2) is 44.1 Å². The minimum absolute atomic E-state index is 0.0527. The highest BCUT2D eigenvalue weighted by Gasteiger charge is 2.33. The number of para-hydroxylation sites is 2. The monoisotopic (exact) mass is 382 g/mol. The second-order valence-corrected chi connectivity index (χ2v) is 6.34. The van der Waals surface area contributed by atoms with E-state index in [-0.39, 0.29) is 25.5 Å². The molecule has 3 rings (SSSR count). The summed E-state index contributed by atoms with van der Waals surface area (Å²) in [4.78, 5) is 38.0. The molecule has 2 amide bonds. The third-order valence-electron chi connectivity index (χ3n) is 4.43. The van der Waals surface area contributed by atoms with Crippen molar-refractivity contribution in [1.82, 2.24) is 5.32 Å². The van der Waals surface area contributed by atoms with Crippen molar-refractivity contribution in [2.45, 2.75) is 18.9 Å². The van der Waals surface area contributed by atoms with Crippen molar-refractivity contribution in [3.63, 3.8) is 0 Å². The minimum Gasteiger partial charge on any atom is -0.477 e. The molecule has 0 aliphatic carbocycles. The number of aryl methyl sites for hydroxylation is 1. The van der Waals surface area contributed by atoms with E-state index >= 15 is 0 Å². The van der Waals surface area contributed by atoms with Crippen molar-refractivity contribution < 1.29 is 23.9 Å². The molecule has 2 aromatic rings. The maximum Gasteiger partial charge on any atom is 0.306 e. The van der Waals surface area contributed by atoms with Crippen LogP contribution in [0.5, 0.6) is 5.75 Å². The number of carbonyl (C=O) groups excluding carboxylic acids is 3. The fourth-order valence-electron chi connectivity index (χ4n) is 2.95. The summed E-state index contributed by atoms with van der Waals surface area (Å²) in [6.07, 6.45) is -0.0807. The maximum atomic E-state index is 12.7. The number of nitrogens with one attached hydrogen (secondary N) is 1. The molecular formula is C21H22N2O5. The lowest BCUT2D eigenvalue weighted by molar-refractivity contribution is -0.148. The summed E-state index contributed by atoms with van der Waals surface area (Å²) in [7, 11) is 1.51. The molecule has 1 unspecified atom stereocenters. The average Bonchev–Trinajstić information content (AvgIpc) is 2.75. The van der Waals surface area contributed by atoms with Gasteiger partial charge in [-0.1, -0.05) is 42.5 Å². The van der Waals surface area contributed by atoms with E-state index in [1.165, 1.54) is 11.9 Å². The first-order valence-corrected chi connectivity index (χ1v) is 9.05. The van der Waals surface area contributed by atoms with Gasteiger partial charge in [0.05, 0.1) is 12.2 Å². The number of hydrogen-bond acceptors (Lipinski definition) is 5. The number of benzene rings is 2. The summed E-state index contributed by atoms with van der Waals surface area (Å²) in [5, 5.41) is 2.52. The van der Waals surface area contributed by atoms with E-state index in [4.69, 9.17) is 9.47 Å². The molecule has 7 nitrogen and oxygen atoms in total. The van der Waals surface area contributed by atoms with Crippen LogP contribution in [-0.2, 0) is 25.5 Å². The topological polar surface area (TPSA) is 84.9 Å². The summed E-state index contributed by atoms with van der Waals surface area (Å²) < 4.78 is 10.8. The van der Waals surface area contributed by atoms with Gasteiger partial charge in [-0.25, -0.2) is 0 Å². The van der Waals surface area contributed by atoms with Gasteiger partial charge >= 0.3 is 5.97 Å². The summed E-state index contributed by atoms with van der Waals surface area (Å²) in [5.74, 6) is -0.738. The van der Waals surface area contributed by atoms with Gasteiger partial charge in [0.2, 0.25) is 0 Å². The van der Waals surface area contributed by atoms with Crippen LogP contribution in [0.3, 0.4) is 0 Å². The third-order valence-corrected chi connectivity index (χ3v) is 4.43. The first kappa shape index (κ1) is 19.4. The number of esters is 1. The second kappa shape index (κ2) is 9.03. The molecule has 1 aliphatic rings. The number of carbonyl (C=O) groups is 3. The highest BCUT2D eigenvalue weighted by molar-refractivity contribution is 5.98. The molecule has 146 valence electrons. The van der Waals surface area contributed by atoms with E-state index < -0.39 is 18.0 Å². The zero-order chi connectivity index (χ0) is 19.9. The van der Waals surface area contributed by atoms with E-state index in [0.717, 1.165) is 5.56 Å². The molecular weight excluding hydrogens is 360 g/mol. The van der Waals surface area contributed by atoms with Crippen LogP contribution in [0.15, 0.2) is 54.6 Å². The van der Waals surface area contributed by atoms with Gasteiger partial charge in [-0.05, 0) is 24.1 Å². The van der Waals surface area contributed by atoms with Gasteiger partial charge in [0, 0.05) is 13.5 Å². The smallest absolute Gasteiger partial charge is 0.306 e. The number of likely N-dealkylation sites (N-methyl/N-ethyl adjacent to an activating group) is 1. The van der Waals surface area contributed by atoms with Gasteiger partial charge in [-0.2, -0.15) is 0 Å². The number of amides is 2. The molecule has 7 heteroatoms. The van der Waals surface area contributed by atoms with Crippen molar-refractivity contribution in [2.24, 2.45) is 0 Å². The molecule has 0 spiro atoms. The first-order valence-electron chi connectivity index (χ1n) is 9.05. The van der Waals surface area contributed by atoms with Crippen LogP contribution in [0.25, 0.3) is 0 Å². The van der Waals surface area contributed by atoms with Crippen molar-refractivity contribution >= 4 is 23.5 Å². The minimum atomic E-state index is -0.822. The molecule has 1 heterocycles. The van der Waals surface area contributed by atoms with Gasteiger partial charge in [0.1, 0.15) is 5.75 Å². The summed E-state index contributed by atoms with van der Waals surface area (Å²) in [5.41, 5.74) is 1.58. The van der Waals surface area contributed by atoms with Crippen molar-refractivity contribution in [3.8, 4) is 5.75 Å². The Bertz CT molecular complexity index is 853. The highest BCUT2D eigenvalue weighted by atomic mass is 16.5. The molecule has 1 aliphatic heterocycles. The SMILES string of the molecule is CNC(=O)C1CN(C(=O)COC(=O)CCc2ccccc2)c2ccccc2O1. The number of fused-ring (bicyclic) bond motifs is 1. The largest absolute Gasteiger partial charge is 0.477 e. The van der Waals surface area contributed by atoms with Gasteiger partial charge < -0.3 is 19.7 Å². The lowest BCUT2D eigenvalue weighted by Crippen LogP contribution is -2.51. The maximum absolute atomic E-state index is 12.7. The van der Waals surface area contributed by atoms with Crippen molar-refractivity contribution in [2.75, 3.05) is 25.1 Å². The standard InChI is InChI=1S/C21H22N2O5/c1-22-21(26)18-13-23(16-9-5-6-10-17(16)28-18)19(24)14-27-20(25)12-11-15-7-3-2-4-8-15/h2-10,18H,11-14H2,1H3,(H,22,26). The fourth-order valence-corrected chi connectivity index (χ4v) is 2.95. The van der Waals surface area contributed by atoms with Crippen molar-refractivity contribution in [3.05, 3.63) is 60.2 Å². The number of anilines is 1. The summed E-state index contributed by atoms with van der Waals surface area (Å²) in [6, 6.07) is 16.5. The van der Waals surface area contributed by atoms with Crippen molar-refractivity contribution in [1.29, 1.82) is 0 Å². The lowest BCUT2D eigenvalue weighted by atomic mass is 10.1. The van der Waals surface area contributed by atoms with E-state index in [0.29, 0.717) is 17.9 Å². The predicted octanol–water partition coefficient (Wildman–Crippen LogP) is 1.70. The summed E-state index contributed by atoms with van der Waals surface area (Å²) >= 11 is 0. The summed E-state index contributed by atoms with van der Waals surface area (Å²) in [6.45, 7) is -0.334. The van der Waals surface area contributed by atoms with E-state index in [2.05, 4.69) is 5.32 Å². The van der Waals surface area contributed by atoms with E-state index in [9.17, 15) is 14.4 Å². The Labute approximate surface area is 163 Å². The van der Waals surface area contributed by atoms with Gasteiger partial charge in [-0.3, -0.25) is 14.4 Å². The molecule has 0 aromatic heterocycles. The normalized spacial score (nSPS) is 15.2. The molecule has 0 fully saturated rings. The zero-order valence-electron chi connectivity index (χ0n) is 15.6. The Hall–Kier alpha value is -3.35. The Morgan fingerprint density at radius 3 is 2.57 bits per heavy atom. The third kappa shape index (κ3) is 4.68. The molecule has 1 N–H and O–H groups in total. The number of hydrogen-bond donors (Lipinski definition) is 1. The highest BCUT2D eigenvalue weighted by Crippen LogP contribution is 2.33. The molecule has 28 heavy (non-hydrogen) atoms. The lowest BCUT2D eigenvalue weighted by Gasteiger charge is -2.33. The predicted molar refractivity (Wildman–Crippen MR) is 103 cm³/mol. The van der Waals surface area contributed by atoms with Gasteiger partial charge in [0.15, 0.2) is 12.7 Å². The number of nitrogens with zero attached hydrogens (tertiary/aromatic N) is 1. The van der Waals surface area contributed by atoms with Crippen LogP contribution in [0.1, 0.15) is 12.0 Å². The number of rotatable bonds is 6. The molecule has 0 saturated carbocycles. The fraction of sp³-hybridized carbons (Fsp3) is 0.286. The van der Waals surface area contributed by atoms with Crippen LogP contribution in [0.4, 0.5) is 5.69 Å². The van der Waals surface area contributed by atoms with Crippen LogP contribution in [0.2, 0.25) is 0 Å². The van der Waals surface area contributed by atoms with Gasteiger partial charge in [-0.15, -0.1) is 0 Å². The quantitative estimate of drug-likeness (QED) is 0.769. The molecule has 2 aromatic carbocycles. The van der Waals surface area contributed by atoms with Crippen LogP contribution >= 0.6 is 0 Å². The molecule has 1 atom stereocenters. The Morgan fingerprint density at radius 2 is 1.82 bits per heavy atom. The Morgan fingerprint density at radius 1 is 1.11 bits per heavy atom. The Kier molecular flexibility index (Phi) is 6.26. The first-order chi connectivity index (χ1) is 13.6. The average molecular weight is 382 g/mol. The Balaban J connectivity index is 1.59. The van der Waals surface area contributed by atoms with E-state index in [1.807, 2.05) is 30.3 Å². The van der Waals surface area contributed by atoms with Crippen LogP contribution < -0.4 is 15.0 Å². The van der Waals surface area contributed by atoms with Gasteiger partial charge in [0.25, 0.3) is 11.8 Å². The van der Waals surface area contributed by atoms with E-state index in [1.54, 1.807) is 24.3 Å². The van der Waals surface area contributed by atoms with Crippen LogP contribution in [0, 0.1) is 0 Å². The molecule has 0 bridgehead atoms. The second-order valence-electron chi connectivity index (χ2n) is 6.34. The molecule has 0 radical (unpaired) electrons. The number of ether oxygens (including phenoxy) is 2. The zero-order valence-corrected chi connectivity index (χ0v) is 15.6. The molecule has 0 saturated heterocycles.